The second-order valence-electron chi connectivity index (χ2n) is 6.26. The Morgan fingerprint density at radius 3 is 2.50 bits per heavy atom. The molecule has 5 nitrogen and oxygen atoms in total. The molecule has 0 radical (unpaired) electrons. The number of aromatic nitrogens is 1. The minimum atomic E-state index is 0.623. The van der Waals surface area contributed by atoms with Crippen molar-refractivity contribution in [3.63, 3.8) is 0 Å². The summed E-state index contributed by atoms with van der Waals surface area (Å²) in [6.45, 7) is 14.9. The molecule has 5 heteroatoms. The Labute approximate surface area is 122 Å². The van der Waals surface area contributed by atoms with E-state index in [-0.39, 0.29) is 0 Å². The number of rotatable bonds is 6. The zero-order valence-electron chi connectivity index (χ0n) is 13.2. The highest BCUT2D eigenvalue weighted by molar-refractivity contribution is 5.28. The molecule has 0 bridgehead atoms. The van der Waals surface area contributed by atoms with Crippen LogP contribution in [-0.4, -0.2) is 48.6 Å². The molecule has 1 aromatic rings. The van der Waals surface area contributed by atoms with Crippen LogP contribution in [0.3, 0.4) is 0 Å². The third kappa shape index (κ3) is 4.21. The van der Waals surface area contributed by atoms with E-state index in [0.717, 1.165) is 51.0 Å². The van der Waals surface area contributed by atoms with Crippen LogP contribution in [0.4, 0.5) is 6.01 Å². The summed E-state index contributed by atoms with van der Waals surface area (Å²) in [6.07, 6.45) is 1.78. The lowest BCUT2D eigenvalue weighted by Crippen LogP contribution is -2.49. The highest BCUT2D eigenvalue weighted by Crippen LogP contribution is 2.16. The van der Waals surface area contributed by atoms with E-state index in [2.05, 4.69) is 47.8 Å². The summed E-state index contributed by atoms with van der Waals surface area (Å²) in [5.41, 5.74) is 0.993. The minimum Gasteiger partial charge on any atom is -0.432 e. The van der Waals surface area contributed by atoms with Crippen molar-refractivity contribution in [2.75, 3.05) is 37.6 Å². The molecule has 0 atom stereocenters. The molecule has 1 aliphatic rings. The topological polar surface area (TPSA) is 44.5 Å². The van der Waals surface area contributed by atoms with Crippen LogP contribution < -0.4 is 10.2 Å². The second kappa shape index (κ2) is 7.09. The molecule has 0 amide bonds. The zero-order valence-corrected chi connectivity index (χ0v) is 13.2. The zero-order chi connectivity index (χ0) is 14.5. The number of hydrogen-bond donors (Lipinski definition) is 1. The summed E-state index contributed by atoms with van der Waals surface area (Å²) >= 11 is 0. The fraction of sp³-hybridized carbons (Fsp3) is 0.800. The van der Waals surface area contributed by atoms with Crippen LogP contribution in [0.5, 0.6) is 0 Å². The Bertz CT molecular complexity index is 394. The summed E-state index contributed by atoms with van der Waals surface area (Å²) in [4.78, 5) is 9.31. The van der Waals surface area contributed by atoms with Crippen LogP contribution in [0, 0.1) is 5.92 Å². The molecule has 1 N–H and O–H groups in total. The molecule has 1 saturated heterocycles. The van der Waals surface area contributed by atoms with Crippen molar-refractivity contribution in [3.8, 4) is 0 Å². The molecule has 0 aliphatic carbocycles. The molecule has 1 aliphatic heterocycles. The molecule has 2 heterocycles. The summed E-state index contributed by atoms with van der Waals surface area (Å²) in [5, 5.41) is 3.39. The lowest BCUT2D eigenvalue weighted by molar-refractivity contribution is 0.206. The summed E-state index contributed by atoms with van der Waals surface area (Å²) in [7, 11) is 0. The largest absolute Gasteiger partial charge is 0.432 e. The van der Waals surface area contributed by atoms with Crippen molar-refractivity contribution in [1.82, 2.24) is 15.2 Å². The van der Waals surface area contributed by atoms with E-state index >= 15 is 0 Å². The van der Waals surface area contributed by atoms with E-state index in [1.165, 1.54) is 0 Å². The van der Waals surface area contributed by atoms with Gasteiger partial charge in [-0.15, -0.1) is 0 Å². The summed E-state index contributed by atoms with van der Waals surface area (Å²) in [6, 6.07) is 1.40. The highest BCUT2D eigenvalue weighted by atomic mass is 16.4. The van der Waals surface area contributed by atoms with Crippen LogP contribution in [0.2, 0.25) is 0 Å². The first kappa shape index (κ1) is 15.3. The smallest absolute Gasteiger partial charge is 0.297 e. The molecular weight excluding hydrogens is 252 g/mol. The van der Waals surface area contributed by atoms with Crippen LogP contribution >= 0.6 is 0 Å². The third-order valence-electron chi connectivity index (χ3n) is 3.71. The maximum Gasteiger partial charge on any atom is 0.297 e. The molecule has 1 aromatic heterocycles. The third-order valence-corrected chi connectivity index (χ3v) is 3.71. The predicted molar refractivity (Wildman–Crippen MR) is 82.0 cm³/mol. The molecule has 0 saturated carbocycles. The highest BCUT2D eigenvalue weighted by Gasteiger charge is 2.21. The van der Waals surface area contributed by atoms with Gasteiger partial charge in [0.25, 0.3) is 6.01 Å². The molecule has 2 rings (SSSR count). The summed E-state index contributed by atoms with van der Waals surface area (Å²) in [5.74, 6) is 0.658. The van der Waals surface area contributed by atoms with Crippen molar-refractivity contribution in [2.24, 2.45) is 5.92 Å². The van der Waals surface area contributed by atoms with Gasteiger partial charge >= 0.3 is 0 Å². The first-order valence-electron chi connectivity index (χ1n) is 7.70. The second-order valence-corrected chi connectivity index (χ2v) is 6.26. The van der Waals surface area contributed by atoms with Gasteiger partial charge < -0.3 is 14.6 Å². The lowest BCUT2D eigenvalue weighted by Gasteiger charge is -2.36. The predicted octanol–water partition coefficient (Wildman–Crippen LogP) is 1.95. The van der Waals surface area contributed by atoms with Crippen LogP contribution in [0.15, 0.2) is 10.7 Å². The van der Waals surface area contributed by atoms with Gasteiger partial charge in [0.15, 0.2) is 0 Å². The van der Waals surface area contributed by atoms with Gasteiger partial charge in [0.2, 0.25) is 0 Å². The molecular formula is C15H28N4O. The number of oxazole rings is 1. The Morgan fingerprint density at radius 2 is 1.90 bits per heavy atom. The Hall–Kier alpha value is -1.07. The Morgan fingerprint density at radius 1 is 1.20 bits per heavy atom. The van der Waals surface area contributed by atoms with Gasteiger partial charge in [-0.2, -0.15) is 4.98 Å². The maximum absolute atomic E-state index is 5.61. The normalized spacial score (nSPS) is 17.4. The van der Waals surface area contributed by atoms with Gasteiger partial charge in [0, 0.05) is 38.8 Å². The molecule has 20 heavy (non-hydrogen) atoms. The Balaban J connectivity index is 1.81. The number of anilines is 1. The molecule has 0 spiro atoms. The van der Waals surface area contributed by atoms with Crippen molar-refractivity contribution in [1.29, 1.82) is 0 Å². The fourth-order valence-corrected chi connectivity index (χ4v) is 2.44. The monoisotopic (exact) mass is 280 g/mol. The van der Waals surface area contributed by atoms with Crippen molar-refractivity contribution in [2.45, 2.75) is 40.3 Å². The number of nitrogens with one attached hydrogen (secondary N) is 1. The van der Waals surface area contributed by atoms with Crippen molar-refractivity contribution >= 4 is 6.01 Å². The Kier molecular flexibility index (Phi) is 5.43. The van der Waals surface area contributed by atoms with Crippen LogP contribution in [0.25, 0.3) is 0 Å². The molecule has 0 unspecified atom stereocenters. The van der Waals surface area contributed by atoms with Crippen molar-refractivity contribution in [3.05, 3.63) is 12.0 Å². The van der Waals surface area contributed by atoms with Gasteiger partial charge in [0.1, 0.15) is 6.26 Å². The van der Waals surface area contributed by atoms with E-state index in [4.69, 9.17) is 4.42 Å². The first-order chi connectivity index (χ1) is 9.56. The number of hydrogen-bond acceptors (Lipinski definition) is 5. The van der Waals surface area contributed by atoms with Gasteiger partial charge in [-0.3, -0.25) is 4.90 Å². The number of piperazine rings is 1. The summed E-state index contributed by atoms with van der Waals surface area (Å²) < 4.78 is 5.61. The average Bonchev–Trinajstić information content (AvgIpc) is 2.87. The SMILES string of the molecule is CC(C)CNCc1coc(N2CCN(C(C)C)CC2)n1. The van der Waals surface area contributed by atoms with E-state index in [1.54, 1.807) is 6.26 Å². The number of nitrogens with zero attached hydrogens (tertiary/aromatic N) is 3. The standard InChI is InChI=1S/C15H28N4O/c1-12(2)9-16-10-14-11-20-15(17-14)19-7-5-18(6-8-19)13(3)4/h11-13,16H,5-10H2,1-4H3. The molecule has 114 valence electrons. The average molecular weight is 280 g/mol. The van der Waals surface area contributed by atoms with Gasteiger partial charge in [0.05, 0.1) is 5.69 Å². The van der Waals surface area contributed by atoms with Gasteiger partial charge in [-0.25, -0.2) is 0 Å². The van der Waals surface area contributed by atoms with Crippen LogP contribution in [0.1, 0.15) is 33.4 Å². The van der Waals surface area contributed by atoms with E-state index in [1.807, 2.05) is 0 Å². The minimum absolute atomic E-state index is 0.623. The maximum atomic E-state index is 5.61. The van der Waals surface area contributed by atoms with E-state index in [9.17, 15) is 0 Å². The quantitative estimate of drug-likeness (QED) is 0.863. The van der Waals surface area contributed by atoms with E-state index < -0.39 is 0 Å². The first-order valence-corrected chi connectivity index (χ1v) is 7.70. The van der Waals surface area contributed by atoms with Crippen LogP contribution in [-0.2, 0) is 6.54 Å². The van der Waals surface area contributed by atoms with E-state index in [0.29, 0.717) is 12.0 Å². The lowest BCUT2D eigenvalue weighted by atomic mass is 10.2. The van der Waals surface area contributed by atoms with Gasteiger partial charge in [-0.05, 0) is 26.3 Å². The van der Waals surface area contributed by atoms with Gasteiger partial charge in [-0.1, -0.05) is 13.8 Å². The molecule has 1 fully saturated rings. The van der Waals surface area contributed by atoms with Crippen molar-refractivity contribution < 1.29 is 4.42 Å². The fourth-order valence-electron chi connectivity index (χ4n) is 2.44. The molecule has 0 aromatic carbocycles.